The summed E-state index contributed by atoms with van der Waals surface area (Å²) in [6.45, 7) is -0.00770. The lowest BCUT2D eigenvalue weighted by atomic mass is 10.1. The number of rotatable bonds is 4. The van der Waals surface area contributed by atoms with Crippen LogP contribution in [0.25, 0.3) is 0 Å². The van der Waals surface area contributed by atoms with Crippen molar-refractivity contribution in [2.45, 2.75) is 23.1 Å². The van der Waals surface area contributed by atoms with E-state index in [9.17, 15) is 5.11 Å². The van der Waals surface area contributed by atoms with E-state index < -0.39 is 3.79 Å². The predicted octanol–water partition coefficient (Wildman–Crippen LogP) is 4.27. The molecule has 83 valence electrons. The maximum absolute atomic E-state index is 10.3. The summed E-state index contributed by atoms with van der Waals surface area (Å²) >= 11 is 17.2. The monoisotopic (exact) mass is 265 g/mol. The molecule has 0 unspecified atom stereocenters. The largest absolute Gasteiger partial charge is 0.237 e. The molecular formula is C11H12Cl3O. The Morgan fingerprint density at radius 1 is 1.00 bits per heavy atom. The van der Waals surface area contributed by atoms with E-state index in [4.69, 9.17) is 34.8 Å². The lowest BCUT2D eigenvalue weighted by molar-refractivity contribution is 0.187. The molecular weight excluding hydrogens is 254 g/mol. The Balaban J connectivity index is 2.57. The molecule has 0 N–H and O–H groups in total. The fraction of sp³-hybridized carbons (Fsp3) is 0.455. The van der Waals surface area contributed by atoms with Crippen LogP contribution < -0.4 is 0 Å². The van der Waals surface area contributed by atoms with Gasteiger partial charge >= 0.3 is 0 Å². The molecule has 15 heavy (non-hydrogen) atoms. The Labute approximate surface area is 105 Å². The van der Waals surface area contributed by atoms with E-state index >= 15 is 0 Å². The predicted molar refractivity (Wildman–Crippen MR) is 64.2 cm³/mol. The molecule has 1 aromatic carbocycles. The smallest absolute Gasteiger partial charge is 0.216 e. The number of benzene rings is 1. The van der Waals surface area contributed by atoms with Crippen molar-refractivity contribution < 1.29 is 5.11 Å². The van der Waals surface area contributed by atoms with Crippen molar-refractivity contribution in [2.24, 2.45) is 0 Å². The van der Waals surface area contributed by atoms with Gasteiger partial charge in [-0.3, -0.25) is 0 Å². The number of hydrogen-bond acceptors (Lipinski definition) is 0. The first-order chi connectivity index (χ1) is 7.04. The third-order valence-electron chi connectivity index (χ3n) is 2.14. The summed E-state index contributed by atoms with van der Waals surface area (Å²) in [5.41, 5.74) is 1.83. The van der Waals surface area contributed by atoms with Crippen molar-refractivity contribution in [3.8, 4) is 0 Å². The van der Waals surface area contributed by atoms with E-state index in [0.717, 1.165) is 12.8 Å². The highest BCUT2D eigenvalue weighted by molar-refractivity contribution is 6.66. The molecule has 0 saturated heterocycles. The number of alkyl halides is 3. The minimum atomic E-state index is -1.35. The van der Waals surface area contributed by atoms with Gasteiger partial charge in [-0.1, -0.05) is 59.1 Å². The highest BCUT2D eigenvalue weighted by atomic mass is 35.6. The van der Waals surface area contributed by atoms with Gasteiger partial charge in [-0.05, 0) is 24.8 Å². The Morgan fingerprint density at radius 3 is 2.07 bits per heavy atom. The zero-order valence-electron chi connectivity index (χ0n) is 8.18. The average molecular weight is 267 g/mol. The molecule has 0 spiro atoms. The maximum Gasteiger partial charge on any atom is 0.216 e. The van der Waals surface area contributed by atoms with Crippen LogP contribution in [-0.2, 0) is 15.3 Å². The van der Waals surface area contributed by atoms with Gasteiger partial charge in [0.15, 0.2) is 0 Å². The quantitative estimate of drug-likeness (QED) is 0.573. The van der Waals surface area contributed by atoms with Crippen LogP contribution in [-0.4, -0.2) is 6.61 Å². The number of unbranched alkanes of at least 4 members (excludes halogenated alkanes) is 1. The van der Waals surface area contributed by atoms with Gasteiger partial charge in [-0.2, -0.15) is 0 Å². The first-order valence-corrected chi connectivity index (χ1v) is 5.91. The molecule has 0 amide bonds. The second-order valence-corrected chi connectivity index (χ2v) is 5.64. The molecule has 0 aliphatic heterocycles. The SMILES string of the molecule is [O]CCCCc1ccc(C(Cl)(Cl)Cl)cc1. The molecule has 0 fully saturated rings. The van der Waals surface area contributed by atoms with Crippen LogP contribution in [0.4, 0.5) is 0 Å². The molecule has 1 aromatic rings. The zero-order chi connectivity index (χ0) is 11.3. The molecule has 1 rings (SSSR count). The highest BCUT2D eigenvalue weighted by Gasteiger charge is 2.21. The van der Waals surface area contributed by atoms with Gasteiger partial charge in [-0.25, -0.2) is 5.11 Å². The first kappa shape index (κ1) is 13.1. The molecule has 0 aliphatic rings. The lowest BCUT2D eigenvalue weighted by Gasteiger charge is -2.11. The van der Waals surface area contributed by atoms with E-state index in [2.05, 4.69) is 0 Å². The fourth-order valence-electron chi connectivity index (χ4n) is 1.29. The molecule has 1 radical (unpaired) electrons. The number of aryl methyl sites for hydroxylation is 1. The van der Waals surface area contributed by atoms with Crippen LogP contribution in [0.15, 0.2) is 24.3 Å². The van der Waals surface area contributed by atoms with Crippen LogP contribution in [0.3, 0.4) is 0 Å². The summed E-state index contributed by atoms with van der Waals surface area (Å²) in [5, 5.41) is 10.3. The van der Waals surface area contributed by atoms with Crippen LogP contribution in [0, 0.1) is 0 Å². The molecule has 4 heteroatoms. The normalized spacial score (nSPS) is 11.7. The van der Waals surface area contributed by atoms with Crippen LogP contribution in [0.2, 0.25) is 0 Å². The summed E-state index contributed by atoms with van der Waals surface area (Å²) in [7, 11) is 0. The maximum atomic E-state index is 10.3. The fourth-order valence-corrected chi connectivity index (χ4v) is 1.67. The van der Waals surface area contributed by atoms with Crippen molar-refractivity contribution >= 4 is 34.8 Å². The van der Waals surface area contributed by atoms with E-state index in [1.807, 2.05) is 12.1 Å². The van der Waals surface area contributed by atoms with E-state index in [1.54, 1.807) is 12.1 Å². The molecule has 0 saturated carbocycles. The minimum absolute atomic E-state index is 0.00770. The second-order valence-electron chi connectivity index (χ2n) is 3.36. The van der Waals surface area contributed by atoms with Gasteiger partial charge in [0.1, 0.15) is 0 Å². The minimum Gasteiger partial charge on any atom is -0.237 e. The van der Waals surface area contributed by atoms with Gasteiger partial charge in [-0.15, -0.1) is 0 Å². The molecule has 0 atom stereocenters. The number of hydrogen-bond donors (Lipinski definition) is 0. The summed E-state index contributed by atoms with van der Waals surface area (Å²) < 4.78 is -1.35. The lowest BCUT2D eigenvalue weighted by Crippen LogP contribution is -1.99. The van der Waals surface area contributed by atoms with Gasteiger partial charge in [0.2, 0.25) is 3.79 Å². The summed E-state index contributed by atoms with van der Waals surface area (Å²) in [4.78, 5) is 0. The van der Waals surface area contributed by atoms with Crippen molar-refractivity contribution in [2.75, 3.05) is 6.61 Å². The molecule has 1 nitrogen and oxygen atoms in total. The average Bonchev–Trinajstić information content (AvgIpc) is 2.18. The Morgan fingerprint density at radius 2 is 1.60 bits per heavy atom. The van der Waals surface area contributed by atoms with Gasteiger partial charge < -0.3 is 0 Å². The van der Waals surface area contributed by atoms with E-state index in [0.29, 0.717) is 12.0 Å². The molecule has 0 heterocycles. The van der Waals surface area contributed by atoms with Gasteiger partial charge in [0.05, 0.1) is 6.61 Å². The molecule has 0 aliphatic carbocycles. The molecule has 0 aromatic heterocycles. The van der Waals surface area contributed by atoms with Crippen LogP contribution in [0.1, 0.15) is 24.0 Å². The van der Waals surface area contributed by atoms with Crippen molar-refractivity contribution in [1.29, 1.82) is 0 Å². The highest BCUT2D eigenvalue weighted by Crippen LogP contribution is 2.37. The van der Waals surface area contributed by atoms with Crippen LogP contribution in [0.5, 0.6) is 0 Å². The third kappa shape index (κ3) is 4.60. The Kier molecular flexibility index (Phi) is 5.20. The third-order valence-corrected chi connectivity index (χ3v) is 2.80. The van der Waals surface area contributed by atoms with Gasteiger partial charge in [0.25, 0.3) is 0 Å². The zero-order valence-corrected chi connectivity index (χ0v) is 10.4. The second kappa shape index (κ2) is 5.95. The van der Waals surface area contributed by atoms with Crippen molar-refractivity contribution in [3.05, 3.63) is 35.4 Å². The Bertz CT molecular complexity index is 290. The topological polar surface area (TPSA) is 19.9 Å². The van der Waals surface area contributed by atoms with Crippen molar-refractivity contribution in [1.82, 2.24) is 0 Å². The number of halogens is 3. The first-order valence-electron chi connectivity index (χ1n) is 4.78. The summed E-state index contributed by atoms with van der Waals surface area (Å²) in [6, 6.07) is 7.48. The summed E-state index contributed by atoms with van der Waals surface area (Å²) in [5.74, 6) is 0. The summed E-state index contributed by atoms with van der Waals surface area (Å²) in [6.07, 6.45) is 2.53. The van der Waals surface area contributed by atoms with Crippen molar-refractivity contribution in [3.63, 3.8) is 0 Å². The Hall–Kier alpha value is 0.0500. The van der Waals surface area contributed by atoms with Gasteiger partial charge in [0, 0.05) is 5.56 Å². The standard InChI is InChI=1S/C11H12Cl3O/c12-11(13,14)10-6-4-9(5-7-10)3-1-2-8-15/h4-7H,1-3,8H2. The van der Waals surface area contributed by atoms with E-state index in [-0.39, 0.29) is 6.61 Å². The van der Waals surface area contributed by atoms with Crippen LogP contribution >= 0.6 is 34.8 Å². The van der Waals surface area contributed by atoms with E-state index in [1.165, 1.54) is 5.56 Å². The molecule has 0 bridgehead atoms.